The number of rotatable bonds is 4. The molecule has 110 valence electrons. The van der Waals surface area contributed by atoms with Crippen molar-refractivity contribution in [3.63, 3.8) is 0 Å². The number of nitrogens with one attached hydrogen (secondary N) is 1. The second kappa shape index (κ2) is 6.10. The van der Waals surface area contributed by atoms with Crippen molar-refractivity contribution in [3.05, 3.63) is 57.6 Å². The van der Waals surface area contributed by atoms with E-state index >= 15 is 0 Å². The minimum Gasteiger partial charge on any atom is -0.508 e. The van der Waals surface area contributed by atoms with E-state index in [9.17, 15) is 5.11 Å². The number of phenolic OH excluding ortho intramolecular Hbond substituents is 1. The molecule has 1 aliphatic rings. The largest absolute Gasteiger partial charge is 0.508 e. The molecule has 0 heterocycles. The molecule has 0 bridgehead atoms. The molecule has 0 aliphatic heterocycles. The Hall–Kier alpha value is -1.48. The third-order valence-electron chi connectivity index (χ3n) is 4.21. The molecule has 1 unspecified atom stereocenters. The predicted octanol–water partition coefficient (Wildman–Crippen LogP) is 5.21. The van der Waals surface area contributed by atoms with Gasteiger partial charge in [0.1, 0.15) is 5.75 Å². The quantitative estimate of drug-likeness (QED) is 0.797. The van der Waals surface area contributed by atoms with Gasteiger partial charge in [0.2, 0.25) is 0 Å². The molecule has 0 saturated heterocycles. The zero-order chi connectivity index (χ0) is 14.8. The summed E-state index contributed by atoms with van der Waals surface area (Å²) >= 11 is 3.48. The van der Waals surface area contributed by atoms with E-state index in [2.05, 4.69) is 46.4 Å². The molecule has 0 fully saturated rings. The van der Waals surface area contributed by atoms with Gasteiger partial charge in [-0.05, 0) is 67.1 Å². The second-order valence-corrected chi connectivity index (χ2v) is 6.56. The standard InChI is InChI=1S/C18H20BrNO/c1-2-17(16-11-14(19)7-9-18(16)21)20-15-8-6-12-4-3-5-13(12)10-15/h6-11,17,20-21H,2-5H2,1H3. The van der Waals surface area contributed by atoms with Gasteiger partial charge >= 0.3 is 0 Å². The van der Waals surface area contributed by atoms with Gasteiger partial charge in [0.25, 0.3) is 0 Å². The Morgan fingerprint density at radius 3 is 2.76 bits per heavy atom. The first-order valence-corrected chi connectivity index (χ1v) is 8.33. The second-order valence-electron chi connectivity index (χ2n) is 5.65. The van der Waals surface area contributed by atoms with Crippen LogP contribution < -0.4 is 5.32 Å². The molecular weight excluding hydrogens is 326 g/mol. The monoisotopic (exact) mass is 345 g/mol. The van der Waals surface area contributed by atoms with Crippen LogP contribution in [0.2, 0.25) is 0 Å². The van der Waals surface area contributed by atoms with Crippen molar-refractivity contribution in [1.82, 2.24) is 0 Å². The smallest absolute Gasteiger partial charge is 0.120 e. The van der Waals surface area contributed by atoms with Gasteiger partial charge in [0.05, 0.1) is 6.04 Å². The van der Waals surface area contributed by atoms with Crippen molar-refractivity contribution in [2.45, 2.75) is 38.6 Å². The average molecular weight is 346 g/mol. The van der Waals surface area contributed by atoms with Crippen LogP contribution in [0.3, 0.4) is 0 Å². The Bertz CT molecular complexity index is 654. The molecule has 2 aromatic rings. The maximum atomic E-state index is 10.1. The van der Waals surface area contributed by atoms with E-state index < -0.39 is 0 Å². The number of benzene rings is 2. The van der Waals surface area contributed by atoms with Crippen molar-refractivity contribution < 1.29 is 5.11 Å². The van der Waals surface area contributed by atoms with Crippen LogP contribution in [0.1, 0.15) is 42.5 Å². The van der Waals surface area contributed by atoms with Gasteiger partial charge in [-0.25, -0.2) is 0 Å². The Labute approximate surface area is 134 Å². The maximum Gasteiger partial charge on any atom is 0.120 e. The van der Waals surface area contributed by atoms with Crippen molar-refractivity contribution >= 4 is 21.6 Å². The third-order valence-corrected chi connectivity index (χ3v) is 4.71. The Balaban J connectivity index is 1.86. The molecule has 2 N–H and O–H groups in total. The van der Waals surface area contributed by atoms with E-state index in [0.29, 0.717) is 5.75 Å². The van der Waals surface area contributed by atoms with Gasteiger partial charge < -0.3 is 10.4 Å². The minimum absolute atomic E-state index is 0.113. The number of fused-ring (bicyclic) bond motifs is 1. The molecule has 2 nitrogen and oxygen atoms in total. The number of phenols is 1. The highest BCUT2D eigenvalue weighted by atomic mass is 79.9. The van der Waals surface area contributed by atoms with E-state index in [1.165, 1.54) is 30.4 Å². The highest BCUT2D eigenvalue weighted by Crippen LogP contribution is 2.33. The molecular formula is C18H20BrNO. The van der Waals surface area contributed by atoms with Crippen molar-refractivity contribution in [1.29, 1.82) is 0 Å². The van der Waals surface area contributed by atoms with Crippen LogP contribution in [-0.4, -0.2) is 5.11 Å². The van der Waals surface area contributed by atoms with E-state index in [1.807, 2.05) is 12.1 Å². The molecule has 0 saturated carbocycles. The fourth-order valence-electron chi connectivity index (χ4n) is 3.07. The molecule has 2 aromatic carbocycles. The number of hydrogen-bond acceptors (Lipinski definition) is 2. The van der Waals surface area contributed by atoms with Crippen molar-refractivity contribution in [2.75, 3.05) is 5.32 Å². The first kappa shape index (κ1) is 14.5. The van der Waals surface area contributed by atoms with Crippen LogP contribution in [-0.2, 0) is 12.8 Å². The fraction of sp³-hybridized carbons (Fsp3) is 0.333. The van der Waals surface area contributed by atoms with Gasteiger partial charge in [-0.15, -0.1) is 0 Å². The lowest BCUT2D eigenvalue weighted by atomic mass is 10.0. The highest BCUT2D eigenvalue weighted by Gasteiger charge is 2.16. The SMILES string of the molecule is CCC(Nc1ccc2c(c1)CCC2)c1cc(Br)ccc1O. The van der Waals surface area contributed by atoms with Crippen LogP contribution >= 0.6 is 15.9 Å². The summed E-state index contributed by atoms with van der Waals surface area (Å²) in [5, 5.41) is 13.7. The van der Waals surface area contributed by atoms with Gasteiger partial charge in [-0.1, -0.05) is 28.9 Å². The highest BCUT2D eigenvalue weighted by molar-refractivity contribution is 9.10. The van der Waals surface area contributed by atoms with Gasteiger partial charge in [0, 0.05) is 15.7 Å². The number of anilines is 1. The lowest BCUT2D eigenvalue weighted by Gasteiger charge is -2.20. The predicted molar refractivity (Wildman–Crippen MR) is 90.9 cm³/mol. The molecule has 21 heavy (non-hydrogen) atoms. The zero-order valence-corrected chi connectivity index (χ0v) is 13.8. The van der Waals surface area contributed by atoms with E-state index in [-0.39, 0.29) is 6.04 Å². The normalized spacial score (nSPS) is 14.8. The Kier molecular flexibility index (Phi) is 4.20. The first-order chi connectivity index (χ1) is 10.2. The summed E-state index contributed by atoms with van der Waals surface area (Å²) in [4.78, 5) is 0. The van der Waals surface area contributed by atoms with Crippen molar-refractivity contribution in [2.24, 2.45) is 0 Å². The average Bonchev–Trinajstić information content (AvgIpc) is 2.95. The topological polar surface area (TPSA) is 32.3 Å². The van der Waals surface area contributed by atoms with Crippen LogP contribution in [0.15, 0.2) is 40.9 Å². The maximum absolute atomic E-state index is 10.1. The molecule has 0 amide bonds. The van der Waals surface area contributed by atoms with Crippen LogP contribution in [0.4, 0.5) is 5.69 Å². The zero-order valence-electron chi connectivity index (χ0n) is 12.2. The summed E-state index contributed by atoms with van der Waals surface area (Å²) in [6.07, 6.45) is 4.58. The molecule has 0 spiro atoms. The van der Waals surface area contributed by atoms with Crippen LogP contribution in [0, 0.1) is 0 Å². The summed E-state index contributed by atoms with van der Waals surface area (Å²) in [5.41, 5.74) is 5.03. The third kappa shape index (κ3) is 3.08. The number of aryl methyl sites for hydroxylation is 2. The van der Waals surface area contributed by atoms with E-state index in [0.717, 1.165) is 22.1 Å². The number of halogens is 1. The molecule has 0 aromatic heterocycles. The minimum atomic E-state index is 0.113. The summed E-state index contributed by atoms with van der Waals surface area (Å²) < 4.78 is 0.990. The lowest BCUT2D eigenvalue weighted by molar-refractivity contribution is 0.462. The Morgan fingerprint density at radius 1 is 1.14 bits per heavy atom. The lowest BCUT2D eigenvalue weighted by Crippen LogP contribution is -2.10. The Morgan fingerprint density at radius 2 is 1.95 bits per heavy atom. The van der Waals surface area contributed by atoms with E-state index in [4.69, 9.17) is 0 Å². The summed E-state index contributed by atoms with van der Waals surface area (Å²) in [7, 11) is 0. The molecule has 1 atom stereocenters. The van der Waals surface area contributed by atoms with Crippen LogP contribution in [0.5, 0.6) is 5.75 Å². The van der Waals surface area contributed by atoms with Gasteiger partial charge in [-0.2, -0.15) is 0 Å². The molecule has 3 rings (SSSR count). The summed E-state index contributed by atoms with van der Waals surface area (Å²) in [5.74, 6) is 0.346. The number of aromatic hydroxyl groups is 1. The fourth-order valence-corrected chi connectivity index (χ4v) is 3.45. The van der Waals surface area contributed by atoms with Gasteiger partial charge in [0.15, 0.2) is 0 Å². The molecule has 3 heteroatoms. The number of hydrogen-bond donors (Lipinski definition) is 2. The van der Waals surface area contributed by atoms with Crippen molar-refractivity contribution in [3.8, 4) is 5.75 Å². The molecule has 1 aliphatic carbocycles. The van der Waals surface area contributed by atoms with Gasteiger partial charge in [-0.3, -0.25) is 0 Å². The van der Waals surface area contributed by atoms with E-state index in [1.54, 1.807) is 6.07 Å². The summed E-state index contributed by atoms with van der Waals surface area (Å²) in [6, 6.07) is 12.4. The summed E-state index contributed by atoms with van der Waals surface area (Å²) in [6.45, 7) is 2.13. The van der Waals surface area contributed by atoms with Crippen LogP contribution in [0.25, 0.3) is 0 Å². The molecule has 0 radical (unpaired) electrons. The first-order valence-electron chi connectivity index (χ1n) is 7.54.